The van der Waals surface area contributed by atoms with Crippen LogP contribution in [0.4, 0.5) is 0 Å². The van der Waals surface area contributed by atoms with Crippen LogP contribution >= 0.6 is 34.5 Å². The average molecular weight is 417 g/mol. The van der Waals surface area contributed by atoms with E-state index in [0.29, 0.717) is 32.5 Å². The van der Waals surface area contributed by atoms with Crippen molar-refractivity contribution in [3.8, 4) is 16.9 Å². The number of fused-ring (bicyclic) bond motifs is 1. The van der Waals surface area contributed by atoms with Gasteiger partial charge in [0.25, 0.3) is 5.56 Å². The van der Waals surface area contributed by atoms with Crippen molar-refractivity contribution in [2.24, 2.45) is 0 Å². The van der Waals surface area contributed by atoms with Gasteiger partial charge in [-0.1, -0.05) is 41.4 Å². The maximum atomic E-state index is 12.8. The monoisotopic (exact) mass is 416 g/mol. The number of methoxy groups -OCH3 is 1. The standard InChI is InChI=1S/C20H14Cl2N2O2S/c1-26-14-4-2-3-11(7-14)15-10-27-20-18(15)19(25)23-17(24-20)8-12-5-6-13(21)9-16(12)22/h2-7,9-10H,8H2,1H3,(H,23,24,25). The van der Waals surface area contributed by atoms with Crippen molar-refractivity contribution < 1.29 is 4.74 Å². The van der Waals surface area contributed by atoms with E-state index in [1.54, 1.807) is 19.2 Å². The number of thiophene rings is 1. The molecule has 7 heteroatoms. The third-order valence-corrected chi connectivity index (χ3v) is 5.71. The molecule has 0 atom stereocenters. The lowest BCUT2D eigenvalue weighted by atomic mass is 10.1. The van der Waals surface area contributed by atoms with Crippen LogP contribution in [0.25, 0.3) is 21.3 Å². The highest BCUT2D eigenvalue weighted by molar-refractivity contribution is 7.17. The molecule has 2 heterocycles. The molecule has 0 amide bonds. The molecule has 0 aliphatic carbocycles. The van der Waals surface area contributed by atoms with E-state index in [-0.39, 0.29) is 5.56 Å². The maximum absolute atomic E-state index is 12.8. The molecule has 1 N–H and O–H groups in total. The first kappa shape index (κ1) is 18.0. The van der Waals surface area contributed by atoms with E-state index >= 15 is 0 Å². The van der Waals surface area contributed by atoms with E-state index in [1.165, 1.54) is 11.3 Å². The molecule has 0 radical (unpaired) electrons. The number of aromatic amines is 1. The molecule has 0 saturated heterocycles. The molecule has 4 aromatic rings. The zero-order chi connectivity index (χ0) is 19.0. The third-order valence-electron chi connectivity index (χ3n) is 4.25. The molecular formula is C20H14Cl2N2O2S. The summed E-state index contributed by atoms with van der Waals surface area (Å²) >= 11 is 13.6. The van der Waals surface area contributed by atoms with Gasteiger partial charge in [0.1, 0.15) is 16.4 Å². The molecule has 4 rings (SSSR count). The Bertz CT molecular complexity index is 1200. The van der Waals surface area contributed by atoms with Crippen molar-refractivity contribution in [3.05, 3.63) is 79.6 Å². The number of aromatic nitrogens is 2. The van der Waals surface area contributed by atoms with Gasteiger partial charge >= 0.3 is 0 Å². The maximum Gasteiger partial charge on any atom is 0.260 e. The van der Waals surface area contributed by atoms with Gasteiger partial charge in [0.05, 0.1) is 12.5 Å². The molecule has 0 spiro atoms. The summed E-state index contributed by atoms with van der Waals surface area (Å²) in [6.45, 7) is 0. The first-order valence-corrected chi connectivity index (χ1v) is 9.77. The van der Waals surface area contributed by atoms with Crippen LogP contribution in [0, 0.1) is 0 Å². The molecule has 4 nitrogen and oxygen atoms in total. The Morgan fingerprint density at radius 2 is 2.04 bits per heavy atom. The Morgan fingerprint density at radius 1 is 1.19 bits per heavy atom. The van der Waals surface area contributed by atoms with Crippen molar-refractivity contribution in [1.29, 1.82) is 0 Å². The number of hydrogen-bond donors (Lipinski definition) is 1. The van der Waals surface area contributed by atoms with Gasteiger partial charge in [0.15, 0.2) is 0 Å². The van der Waals surface area contributed by atoms with Crippen LogP contribution in [0.5, 0.6) is 5.75 Å². The lowest BCUT2D eigenvalue weighted by Gasteiger charge is -2.06. The Labute approximate surface area is 169 Å². The Morgan fingerprint density at radius 3 is 2.81 bits per heavy atom. The van der Waals surface area contributed by atoms with Crippen LogP contribution in [-0.2, 0) is 6.42 Å². The van der Waals surface area contributed by atoms with E-state index < -0.39 is 0 Å². The van der Waals surface area contributed by atoms with Crippen LogP contribution in [0.2, 0.25) is 10.0 Å². The molecule has 0 aliphatic heterocycles. The fourth-order valence-corrected chi connectivity index (χ4v) is 4.37. The molecule has 0 bridgehead atoms. The minimum atomic E-state index is -0.167. The fourth-order valence-electron chi connectivity index (χ4n) is 2.93. The highest BCUT2D eigenvalue weighted by atomic mass is 35.5. The van der Waals surface area contributed by atoms with Gasteiger partial charge < -0.3 is 9.72 Å². The van der Waals surface area contributed by atoms with Crippen LogP contribution in [0.3, 0.4) is 0 Å². The van der Waals surface area contributed by atoms with E-state index in [9.17, 15) is 4.79 Å². The van der Waals surface area contributed by atoms with Crippen LogP contribution in [-0.4, -0.2) is 17.1 Å². The van der Waals surface area contributed by atoms with Gasteiger partial charge in [-0.05, 0) is 35.4 Å². The second-order valence-electron chi connectivity index (χ2n) is 5.99. The summed E-state index contributed by atoms with van der Waals surface area (Å²) in [7, 11) is 1.62. The number of halogens is 2. The summed E-state index contributed by atoms with van der Waals surface area (Å²) in [5.41, 5.74) is 2.45. The predicted molar refractivity (Wildman–Crippen MR) is 111 cm³/mol. The number of hydrogen-bond acceptors (Lipinski definition) is 4. The number of benzene rings is 2. The van der Waals surface area contributed by atoms with Gasteiger partial charge in [-0.2, -0.15) is 0 Å². The van der Waals surface area contributed by atoms with Crippen molar-refractivity contribution in [3.63, 3.8) is 0 Å². The number of ether oxygens (including phenoxy) is 1. The second-order valence-corrected chi connectivity index (χ2v) is 7.69. The van der Waals surface area contributed by atoms with E-state index in [1.807, 2.05) is 35.7 Å². The highest BCUT2D eigenvalue weighted by Crippen LogP contribution is 2.32. The zero-order valence-corrected chi connectivity index (χ0v) is 16.6. The molecule has 0 fully saturated rings. The molecule has 0 unspecified atom stereocenters. The molecule has 0 aliphatic rings. The fraction of sp³-hybridized carbons (Fsp3) is 0.100. The highest BCUT2D eigenvalue weighted by Gasteiger charge is 2.14. The smallest absolute Gasteiger partial charge is 0.260 e. The van der Waals surface area contributed by atoms with E-state index in [2.05, 4.69) is 9.97 Å². The second kappa shape index (κ2) is 7.35. The topological polar surface area (TPSA) is 55.0 Å². The van der Waals surface area contributed by atoms with E-state index in [0.717, 1.165) is 22.4 Å². The van der Waals surface area contributed by atoms with Crippen LogP contribution in [0.15, 0.2) is 52.6 Å². The van der Waals surface area contributed by atoms with E-state index in [4.69, 9.17) is 27.9 Å². The molecular weight excluding hydrogens is 403 g/mol. The van der Waals surface area contributed by atoms with Crippen molar-refractivity contribution in [1.82, 2.24) is 9.97 Å². The Kier molecular flexibility index (Phi) is 4.91. The summed E-state index contributed by atoms with van der Waals surface area (Å²) < 4.78 is 5.28. The lowest BCUT2D eigenvalue weighted by Crippen LogP contribution is -2.11. The number of H-pyrrole nitrogens is 1. The van der Waals surface area contributed by atoms with Gasteiger partial charge in [-0.3, -0.25) is 4.79 Å². The summed E-state index contributed by atoms with van der Waals surface area (Å²) in [6.07, 6.45) is 0.424. The van der Waals surface area contributed by atoms with Gasteiger partial charge in [0.2, 0.25) is 0 Å². The predicted octanol–water partition coefficient (Wildman–Crippen LogP) is 5.56. The SMILES string of the molecule is COc1cccc(-c2csc3nc(Cc4ccc(Cl)cc4Cl)[nH]c(=O)c23)c1. The molecule has 136 valence electrons. The minimum Gasteiger partial charge on any atom is -0.497 e. The molecule has 2 aromatic carbocycles. The van der Waals surface area contributed by atoms with Crippen molar-refractivity contribution in [2.75, 3.05) is 7.11 Å². The summed E-state index contributed by atoms with van der Waals surface area (Å²) in [4.78, 5) is 21.0. The van der Waals surface area contributed by atoms with Crippen molar-refractivity contribution >= 4 is 44.8 Å². The number of rotatable bonds is 4. The summed E-state index contributed by atoms with van der Waals surface area (Å²) in [6, 6.07) is 12.9. The third kappa shape index (κ3) is 3.58. The Hall–Kier alpha value is -2.34. The zero-order valence-electron chi connectivity index (χ0n) is 14.3. The quantitative estimate of drug-likeness (QED) is 0.473. The van der Waals surface area contributed by atoms with Gasteiger partial charge in [-0.15, -0.1) is 11.3 Å². The van der Waals surface area contributed by atoms with Crippen molar-refractivity contribution in [2.45, 2.75) is 6.42 Å². The largest absolute Gasteiger partial charge is 0.497 e. The summed E-state index contributed by atoms with van der Waals surface area (Å²) in [5, 5.41) is 3.65. The minimum absolute atomic E-state index is 0.167. The number of nitrogens with zero attached hydrogens (tertiary/aromatic N) is 1. The molecule has 0 saturated carbocycles. The average Bonchev–Trinajstić information content (AvgIpc) is 3.09. The molecule has 27 heavy (non-hydrogen) atoms. The first-order chi connectivity index (χ1) is 13.0. The summed E-state index contributed by atoms with van der Waals surface area (Å²) in [5.74, 6) is 1.31. The molecule has 2 aromatic heterocycles. The number of nitrogens with one attached hydrogen (secondary N) is 1. The first-order valence-electron chi connectivity index (χ1n) is 8.14. The normalized spacial score (nSPS) is 11.1. The van der Waals surface area contributed by atoms with Gasteiger partial charge in [0, 0.05) is 27.4 Å². The van der Waals surface area contributed by atoms with Gasteiger partial charge in [-0.25, -0.2) is 4.98 Å². The van der Waals surface area contributed by atoms with Crippen LogP contribution in [0.1, 0.15) is 11.4 Å². The Balaban J connectivity index is 1.76. The lowest BCUT2D eigenvalue weighted by molar-refractivity contribution is 0.415. The van der Waals surface area contributed by atoms with Crippen LogP contribution < -0.4 is 10.3 Å².